The summed E-state index contributed by atoms with van der Waals surface area (Å²) in [5, 5.41) is 2.41. The van der Waals surface area contributed by atoms with Gasteiger partial charge in [-0.15, -0.1) is 13.2 Å². The fourth-order valence-electron chi connectivity index (χ4n) is 4.43. The molecule has 0 spiro atoms. The number of hydrogen-bond donors (Lipinski definition) is 1. The number of primary amides is 1. The van der Waals surface area contributed by atoms with Gasteiger partial charge in [-0.25, -0.2) is 0 Å². The molecule has 0 aliphatic heterocycles. The highest BCUT2D eigenvalue weighted by Crippen LogP contribution is 2.37. The van der Waals surface area contributed by atoms with E-state index in [4.69, 9.17) is 28.9 Å². The van der Waals surface area contributed by atoms with Crippen LogP contribution in [0.25, 0.3) is 32.9 Å². The lowest BCUT2D eigenvalue weighted by Gasteiger charge is -2.12. The van der Waals surface area contributed by atoms with E-state index < -0.39 is 12.3 Å². The van der Waals surface area contributed by atoms with Crippen molar-refractivity contribution in [2.24, 2.45) is 5.73 Å². The van der Waals surface area contributed by atoms with Crippen molar-refractivity contribution in [3.05, 3.63) is 100 Å². The molecule has 0 saturated carbocycles. The van der Waals surface area contributed by atoms with Gasteiger partial charge in [0.2, 0.25) is 5.91 Å². The predicted octanol–water partition coefficient (Wildman–Crippen LogP) is 7.81. The second kappa shape index (κ2) is 9.08. The van der Waals surface area contributed by atoms with Crippen LogP contribution in [0.3, 0.4) is 0 Å². The van der Waals surface area contributed by atoms with E-state index in [2.05, 4.69) is 4.74 Å². The first kappa shape index (κ1) is 24.0. The highest BCUT2D eigenvalue weighted by molar-refractivity contribution is 6.36. The van der Waals surface area contributed by atoms with Crippen molar-refractivity contribution in [2.45, 2.75) is 12.9 Å². The van der Waals surface area contributed by atoms with E-state index in [0.29, 0.717) is 32.1 Å². The summed E-state index contributed by atoms with van der Waals surface area (Å²) >= 11 is 12.5. The third kappa shape index (κ3) is 4.59. The summed E-state index contributed by atoms with van der Waals surface area (Å²) in [5.41, 5.74) is 9.63. The molecule has 1 amide bonds. The number of carbonyl (C=O) groups is 1. The van der Waals surface area contributed by atoms with Crippen LogP contribution in [-0.2, 0) is 6.54 Å². The highest BCUT2D eigenvalue weighted by atomic mass is 35.5. The largest absolute Gasteiger partial charge is 0.573 e. The average molecular weight is 529 g/mol. The van der Waals surface area contributed by atoms with E-state index >= 15 is 0 Å². The van der Waals surface area contributed by atoms with Gasteiger partial charge in [-0.05, 0) is 53.6 Å². The van der Waals surface area contributed by atoms with Crippen LogP contribution in [0, 0.1) is 0 Å². The van der Waals surface area contributed by atoms with Gasteiger partial charge in [-0.3, -0.25) is 4.79 Å². The van der Waals surface area contributed by atoms with Gasteiger partial charge in [0.05, 0.1) is 11.0 Å². The van der Waals surface area contributed by atoms with Gasteiger partial charge >= 0.3 is 6.36 Å². The Bertz CT molecular complexity index is 1640. The van der Waals surface area contributed by atoms with Crippen LogP contribution in [0.4, 0.5) is 13.2 Å². The molecule has 0 bridgehead atoms. The Morgan fingerprint density at radius 1 is 0.917 bits per heavy atom. The lowest BCUT2D eigenvalue weighted by molar-refractivity contribution is -0.274. The first-order valence-electron chi connectivity index (χ1n) is 10.8. The fraction of sp³-hybridized carbons (Fsp3) is 0.0741. The van der Waals surface area contributed by atoms with E-state index in [1.807, 2.05) is 34.9 Å². The van der Waals surface area contributed by atoms with Crippen LogP contribution < -0.4 is 10.5 Å². The van der Waals surface area contributed by atoms with Crippen molar-refractivity contribution < 1.29 is 22.7 Å². The molecule has 1 heterocycles. The zero-order chi connectivity index (χ0) is 25.6. The Morgan fingerprint density at radius 2 is 1.69 bits per heavy atom. The summed E-state index contributed by atoms with van der Waals surface area (Å²) in [6, 6.07) is 21.9. The monoisotopic (exact) mass is 528 g/mol. The topological polar surface area (TPSA) is 57.2 Å². The van der Waals surface area contributed by atoms with Crippen molar-refractivity contribution in [1.82, 2.24) is 4.57 Å². The standard InChI is InChI=1S/C27H17Cl2F3N2O2/c28-17-8-10-19(22(29)13-17)16-7-9-20-24(12-16)34(23-6-2-5-21(25(20)23)26(33)35)14-15-3-1-4-18(11-15)36-27(30,31)32/h1-13H,14H2,(H2,33,35). The molecule has 1 aromatic heterocycles. The summed E-state index contributed by atoms with van der Waals surface area (Å²) < 4.78 is 44.3. The van der Waals surface area contributed by atoms with Crippen molar-refractivity contribution in [2.75, 3.05) is 0 Å². The number of benzene rings is 4. The number of fused-ring (bicyclic) bond motifs is 3. The summed E-state index contributed by atoms with van der Waals surface area (Å²) in [6.45, 7) is 0.217. The van der Waals surface area contributed by atoms with Crippen LogP contribution in [0.15, 0.2) is 78.9 Å². The Labute approximate surface area is 213 Å². The Balaban J connectivity index is 1.72. The van der Waals surface area contributed by atoms with Gasteiger partial charge in [0.25, 0.3) is 0 Å². The maximum absolute atomic E-state index is 12.8. The van der Waals surface area contributed by atoms with Crippen molar-refractivity contribution in [3.8, 4) is 16.9 Å². The molecule has 0 saturated heterocycles. The van der Waals surface area contributed by atoms with Crippen LogP contribution in [-0.4, -0.2) is 16.8 Å². The number of alkyl halides is 3. The molecule has 4 nitrogen and oxygen atoms in total. The lowest BCUT2D eigenvalue weighted by atomic mass is 10.0. The minimum absolute atomic E-state index is 0.217. The summed E-state index contributed by atoms with van der Waals surface area (Å²) in [4.78, 5) is 12.2. The summed E-state index contributed by atoms with van der Waals surface area (Å²) in [5.74, 6) is -0.891. The second-order valence-corrected chi connectivity index (χ2v) is 9.05. The van der Waals surface area contributed by atoms with Gasteiger partial charge in [0, 0.05) is 38.5 Å². The minimum atomic E-state index is -4.80. The first-order chi connectivity index (χ1) is 17.1. The zero-order valence-corrected chi connectivity index (χ0v) is 20.0. The number of aromatic nitrogens is 1. The number of ether oxygens (including phenoxy) is 1. The maximum atomic E-state index is 12.8. The molecule has 0 fully saturated rings. The maximum Gasteiger partial charge on any atom is 0.573 e. The average Bonchev–Trinajstić information content (AvgIpc) is 3.11. The molecule has 182 valence electrons. The first-order valence-corrected chi connectivity index (χ1v) is 11.5. The quantitative estimate of drug-likeness (QED) is 0.253. The Hall–Kier alpha value is -3.68. The second-order valence-electron chi connectivity index (χ2n) is 8.20. The molecule has 0 aliphatic rings. The molecule has 36 heavy (non-hydrogen) atoms. The summed E-state index contributed by atoms with van der Waals surface area (Å²) in [6.07, 6.45) is -4.80. The smallest absolute Gasteiger partial charge is 0.406 e. The number of rotatable bonds is 5. The molecule has 5 rings (SSSR count). The predicted molar refractivity (Wildman–Crippen MR) is 136 cm³/mol. The van der Waals surface area contributed by atoms with Crippen LogP contribution in [0.5, 0.6) is 5.75 Å². The molecule has 9 heteroatoms. The van der Waals surface area contributed by atoms with Crippen LogP contribution >= 0.6 is 23.2 Å². The molecule has 0 atom stereocenters. The Kier molecular flexibility index (Phi) is 6.06. The number of amides is 1. The molecule has 4 aromatic carbocycles. The number of nitrogens with two attached hydrogens (primary N) is 1. The van der Waals surface area contributed by atoms with Gasteiger partial charge < -0.3 is 15.0 Å². The molecule has 2 N–H and O–H groups in total. The molecular formula is C27H17Cl2F3N2O2. The number of carbonyl (C=O) groups excluding carboxylic acids is 1. The zero-order valence-electron chi connectivity index (χ0n) is 18.4. The van der Waals surface area contributed by atoms with E-state index in [1.165, 1.54) is 18.2 Å². The fourth-order valence-corrected chi connectivity index (χ4v) is 4.95. The lowest BCUT2D eigenvalue weighted by Crippen LogP contribution is -2.17. The number of hydrogen-bond acceptors (Lipinski definition) is 2. The van der Waals surface area contributed by atoms with Crippen LogP contribution in [0.2, 0.25) is 10.0 Å². The van der Waals surface area contributed by atoms with Crippen molar-refractivity contribution >= 4 is 50.9 Å². The highest BCUT2D eigenvalue weighted by Gasteiger charge is 2.31. The number of halogens is 5. The van der Waals surface area contributed by atoms with Gasteiger partial charge in [-0.2, -0.15) is 0 Å². The van der Waals surface area contributed by atoms with Gasteiger partial charge in [-0.1, -0.05) is 59.6 Å². The molecule has 0 unspecified atom stereocenters. The molecule has 0 radical (unpaired) electrons. The van der Waals surface area contributed by atoms with Crippen molar-refractivity contribution in [3.63, 3.8) is 0 Å². The molecular weight excluding hydrogens is 512 g/mol. The number of nitrogens with zero attached hydrogens (tertiary/aromatic N) is 1. The van der Waals surface area contributed by atoms with Gasteiger partial charge in [0.1, 0.15) is 5.75 Å². The van der Waals surface area contributed by atoms with Gasteiger partial charge in [0.15, 0.2) is 0 Å². The third-order valence-electron chi connectivity index (χ3n) is 5.87. The van der Waals surface area contributed by atoms with E-state index in [9.17, 15) is 18.0 Å². The van der Waals surface area contributed by atoms with Crippen molar-refractivity contribution in [1.29, 1.82) is 0 Å². The molecule has 0 aliphatic carbocycles. The minimum Gasteiger partial charge on any atom is -0.406 e. The van der Waals surface area contributed by atoms with E-state index in [-0.39, 0.29) is 12.3 Å². The van der Waals surface area contributed by atoms with Crippen LogP contribution in [0.1, 0.15) is 15.9 Å². The summed E-state index contributed by atoms with van der Waals surface area (Å²) in [7, 11) is 0. The third-order valence-corrected chi connectivity index (χ3v) is 6.42. The normalized spacial score (nSPS) is 11.8. The van der Waals surface area contributed by atoms with E-state index in [0.717, 1.165) is 22.0 Å². The SMILES string of the molecule is NC(=O)c1cccc2c1c1ccc(-c3ccc(Cl)cc3Cl)cc1n2Cc1cccc(OC(F)(F)F)c1. The van der Waals surface area contributed by atoms with E-state index in [1.54, 1.807) is 30.3 Å². The Morgan fingerprint density at radius 3 is 2.42 bits per heavy atom. The molecule has 5 aromatic rings.